The SMILES string of the molecule is O=S(=O)(NC1CCC1)[C@@H]1CC[C@@H](Cc2ncc3c(Br)nn(-c4ccc5ncccc5c4)c3n2)C1. The van der Waals surface area contributed by atoms with Gasteiger partial charge in [-0.05, 0) is 78.2 Å². The first-order chi connectivity index (χ1) is 16.5. The zero-order valence-electron chi connectivity index (χ0n) is 18.6. The van der Waals surface area contributed by atoms with Crippen molar-refractivity contribution >= 4 is 47.9 Å². The molecule has 2 atom stereocenters. The van der Waals surface area contributed by atoms with Crippen LogP contribution >= 0.6 is 15.9 Å². The van der Waals surface area contributed by atoms with E-state index in [0.717, 1.165) is 59.1 Å². The maximum atomic E-state index is 12.7. The zero-order valence-corrected chi connectivity index (χ0v) is 21.0. The Hall–Kier alpha value is -2.43. The van der Waals surface area contributed by atoms with Crippen LogP contribution in [0.1, 0.15) is 44.3 Å². The third kappa shape index (κ3) is 4.12. The summed E-state index contributed by atoms with van der Waals surface area (Å²) in [4.78, 5) is 13.8. The second-order valence-electron chi connectivity index (χ2n) is 9.40. The Morgan fingerprint density at radius 2 is 2.00 bits per heavy atom. The third-order valence-corrected chi connectivity index (χ3v) is 9.65. The Morgan fingerprint density at radius 3 is 2.82 bits per heavy atom. The van der Waals surface area contributed by atoms with Crippen molar-refractivity contribution in [3.63, 3.8) is 0 Å². The van der Waals surface area contributed by atoms with Gasteiger partial charge >= 0.3 is 0 Å². The topological polar surface area (TPSA) is 103 Å². The molecule has 0 bridgehead atoms. The number of nitrogens with one attached hydrogen (secondary N) is 1. The molecule has 0 amide bonds. The Bertz CT molecular complexity index is 1480. The number of rotatable bonds is 6. The summed E-state index contributed by atoms with van der Waals surface area (Å²) in [5, 5.41) is 6.21. The summed E-state index contributed by atoms with van der Waals surface area (Å²) in [5.41, 5.74) is 2.55. The van der Waals surface area contributed by atoms with Crippen molar-refractivity contribution in [3.8, 4) is 5.69 Å². The van der Waals surface area contributed by atoms with Gasteiger partial charge in [-0.15, -0.1) is 0 Å². The number of fused-ring (bicyclic) bond motifs is 2. The van der Waals surface area contributed by atoms with Crippen LogP contribution in [0.3, 0.4) is 0 Å². The van der Waals surface area contributed by atoms with Crippen LogP contribution in [0.15, 0.2) is 47.3 Å². The van der Waals surface area contributed by atoms with Crippen molar-refractivity contribution in [3.05, 3.63) is 53.2 Å². The van der Waals surface area contributed by atoms with Crippen molar-refractivity contribution in [2.75, 3.05) is 0 Å². The second kappa shape index (κ2) is 8.66. The van der Waals surface area contributed by atoms with Gasteiger partial charge < -0.3 is 0 Å². The molecule has 34 heavy (non-hydrogen) atoms. The minimum absolute atomic E-state index is 0.138. The third-order valence-electron chi connectivity index (χ3n) is 7.10. The van der Waals surface area contributed by atoms with E-state index in [1.807, 2.05) is 35.0 Å². The van der Waals surface area contributed by atoms with Crippen molar-refractivity contribution in [1.82, 2.24) is 29.5 Å². The number of benzene rings is 1. The maximum absolute atomic E-state index is 12.7. The smallest absolute Gasteiger partial charge is 0.214 e. The lowest BCUT2D eigenvalue weighted by atomic mass is 9.94. The number of halogens is 1. The predicted octanol–water partition coefficient (Wildman–Crippen LogP) is 4.31. The van der Waals surface area contributed by atoms with Crippen LogP contribution in [0.2, 0.25) is 0 Å². The quantitative estimate of drug-likeness (QED) is 0.390. The van der Waals surface area contributed by atoms with Crippen molar-refractivity contribution in [1.29, 1.82) is 0 Å². The standard InChI is InChI=1S/C24H25BrN6O2S/c25-23-20-14-27-22(12-15-6-8-19(11-15)34(32,33)30-17-4-1-5-17)28-24(20)31(29-23)18-7-9-21-16(13-18)3-2-10-26-21/h2-3,7,9-10,13-15,17,19,30H,1,4-6,8,11-12H2/t15-,19-/m1/s1. The minimum Gasteiger partial charge on any atom is -0.256 e. The normalized spacial score (nSPS) is 21.3. The van der Waals surface area contributed by atoms with Crippen LogP contribution in [-0.2, 0) is 16.4 Å². The van der Waals surface area contributed by atoms with Gasteiger partial charge in [0.05, 0.1) is 21.8 Å². The molecule has 2 fully saturated rings. The van der Waals surface area contributed by atoms with Gasteiger partial charge in [0, 0.05) is 30.2 Å². The first-order valence-electron chi connectivity index (χ1n) is 11.7. The molecule has 1 N–H and O–H groups in total. The molecule has 8 nitrogen and oxygen atoms in total. The molecule has 176 valence electrons. The summed E-state index contributed by atoms with van der Waals surface area (Å²) in [6.45, 7) is 0. The number of hydrogen-bond donors (Lipinski definition) is 1. The van der Waals surface area contributed by atoms with Gasteiger partial charge in [0.2, 0.25) is 10.0 Å². The van der Waals surface area contributed by atoms with E-state index in [1.165, 1.54) is 0 Å². The molecular formula is C24H25BrN6O2S. The second-order valence-corrected chi connectivity index (χ2v) is 12.1. The highest BCUT2D eigenvalue weighted by atomic mass is 79.9. The van der Waals surface area contributed by atoms with E-state index in [-0.39, 0.29) is 17.2 Å². The van der Waals surface area contributed by atoms with Crippen LogP contribution in [0.4, 0.5) is 0 Å². The highest BCUT2D eigenvalue weighted by molar-refractivity contribution is 9.10. The molecule has 3 aromatic heterocycles. The first kappa shape index (κ1) is 22.1. The van der Waals surface area contributed by atoms with Crippen LogP contribution in [-0.4, -0.2) is 44.4 Å². The highest BCUT2D eigenvalue weighted by Gasteiger charge is 2.36. The molecule has 0 unspecified atom stereocenters. The molecule has 6 rings (SSSR count). The lowest BCUT2D eigenvalue weighted by Crippen LogP contribution is -2.43. The lowest BCUT2D eigenvalue weighted by molar-refractivity contribution is 0.381. The van der Waals surface area contributed by atoms with Crippen LogP contribution in [0.25, 0.3) is 27.6 Å². The molecule has 0 aliphatic heterocycles. The molecule has 2 aliphatic carbocycles. The van der Waals surface area contributed by atoms with Gasteiger partial charge in [-0.2, -0.15) is 5.10 Å². The largest absolute Gasteiger partial charge is 0.256 e. The molecular weight excluding hydrogens is 516 g/mol. The predicted molar refractivity (Wildman–Crippen MR) is 134 cm³/mol. The molecule has 4 aromatic rings. The van der Waals surface area contributed by atoms with Gasteiger partial charge in [-0.25, -0.2) is 27.8 Å². The van der Waals surface area contributed by atoms with E-state index in [4.69, 9.17) is 4.98 Å². The Kier molecular flexibility index (Phi) is 5.62. The lowest BCUT2D eigenvalue weighted by Gasteiger charge is -2.27. The fourth-order valence-corrected chi connectivity index (χ4v) is 7.29. The molecule has 3 heterocycles. The molecule has 2 aliphatic rings. The summed E-state index contributed by atoms with van der Waals surface area (Å²) in [6.07, 6.45) is 9.50. The van der Waals surface area contributed by atoms with Gasteiger partial charge in [-0.3, -0.25) is 4.98 Å². The zero-order chi connectivity index (χ0) is 23.3. The van der Waals surface area contributed by atoms with Gasteiger partial charge in [0.1, 0.15) is 10.4 Å². The Labute approximate surface area is 206 Å². The minimum atomic E-state index is -3.25. The monoisotopic (exact) mass is 540 g/mol. The number of aromatic nitrogens is 5. The van der Waals surface area contributed by atoms with Gasteiger partial charge in [0.15, 0.2) is 5.65 Å². The first-order valence-corrected chi connectivity index (χ1v) is 14.1. The maximum Gasteiger partial charge on any atom is 0.214 e. The van der Waals surface area contributed by atoms with Crippen molar-refractivity contribution in [2.24, 2.45) is 5.92 Å². The van der Waals surface area contributed by atoms with E-state index in [9.17, 15) is 8.42 Å². The molecule has 1 aromatic carbocycles. The van der Waals surface area contributed by atoms with Gasteiger partial charge in [-0.1, -0.05) is 12.5 Å². The summed E-state index contributed by atoms with van der Waals surface area (Å²) in [6, 6.07) is 10.1. The summed E-state index contributed by atoms with van der Waals surface area (Å²) in [5.74, 6) is 0.977. The van der Waals surface area contributed by atoms with E-state index < -0.39 is 10.0 Å². The fraction of sp³-hybridized carbons (Fsp3) is 0.417. The molecule has 0 radical (unpaired) electrons. The summed E-state index contributed by atoms with van der Waals surface area (Å²) in [7, 11) is -3.25. The molecule has 2 saturated carbocycles. The van der Waals surface area contributed by atoms with E-state index in [2.05, 4.69) is 35.7 Å². The molecule has 0 saturated heterocycles. The highest BCUT2D eigenvalue weighted by Crippen LogP contribution is 2.34. The Morgan fingerprint density at radius 1 is 1.12 bits per heavy atom. The van der Waals surface area contributed by atoms with Crippen molar-refractivity contribution < 1.29 is 8.42 Å². The van der Waals surface area contributed by atoms with Crippen LogP contribution in [0.5, 0.6) is 0 Å². The average Bonchev–Trinajstić information content (AvgIpc) is 3.41. The number of hydrogen-bond acceptors (Lipinski definition) is 6. The number of sulfonamides is 1. The average molecular weight is 541 g/mol. The fourth-order valence-electron chi connectivity index (χ4n) is 4.99. The molecule has 0 spiro atoms. The van der Waals surface area contributed by atoms with Crippen molar-refractivity contribution in [2.45, 2.75) is 56.2 Å². The van der Waals surface area contributed by atoms with Crippen LogP contribution in [0, 0.1) is 5.92 Å². The van der Waals surface area contributed by atoms with Gasteiger partial charge in [0.25, 0.3) is 0 Å². The molecule has 10 heteroatoms. The van der Waals surface area contributed by atoms with E-state index >= 15 is 0 Å². The Balaban J connectivity index is 1.24. The summed E-state index contributed by atoms with van der Waals surface area (Å²) >= 11 is 3.54. The van der Waals surface area contributed by atoms with Crippen LogP contribution < -0.4 is 4.72 Å². The number of pyridine rings is 1. The van der Waals surface area contributed by atoms with E-state index in [1.54, 1.807) is 12.4 Å². The number of nitrogens with zero attached hydrogens (tertiary/aromatic N) is 5. The van der Waals surface area contributed by atoms with E-state index in [0.29, 0.717) is 23.9 Å². The summed E-state index contributed by atoms with van der Waals surface area (Å²) < 4.78 is 30.9.